The molecule has 8 heteroatoms. The molecule has 1 aliphatic heterocycles. The Morgan fingerprint density at radius 2 is 1.85 bits per heavy atom. The largest absolute Gasteiger partial charge is 0.445 e. The number of rotatable bonds is 13. The Morgan fingerprint density at radius 3 is 2.46 bits per heavy atom. The van der Waals surface area contributed by atoms with Crippen LogP contribution in [0.2, 0.25) is 0 Å². The van der Waals surface area contributed by atoms with E-state index in [9.17, 15) is 14.4 Å². The molecule has 0 unspecified atom stereocenters. The molecule has 0 bridgehead atoms. The summed E-state index contributed by atoms with van der Waals surface area (Å²) in [4.78, 5) is 43.6. The predicted octanol–water partition coefficient (Wildman–Crippen LogP) is 5.05. The van der Waals surface area contributed by atoms with Gasteiger partial charge in [-0.25, -0.2) is 4.79 Å². The number of hydrogen-bond acceptors (Lipinski definition) is 5. The van der Waals surface area contributed by atoms with Gasteiger partial charge < -0.3 is 25.2 Å². The lowest BCUT2D eigenvalue weighted by atomic mass is 9.85. The summed E-state index contributed by atoms with van der Waals surface area (Å²) in [5.41, 5.74) is 1.32. The summed E-state index contributed by atoms with van der Waals surface area (Å²) < 4.78 is 5.68. The molecule has 1 aromatic carbocycles. The Morgan fingerprint density at radius 1 is 1.17 bits per heavy atom. The van der Waals surface area contributed by atoms with Crippen molar-refractivity contribution in [3.05, 3.63) is 72.4 Å². The zero-order chi connectivity index (χ0) is 30.6. The summed E-state index contributed by atoms with van der Waals surface area (Å²) in [5.74, 6) is -0.276. The van der Waals surface area contributed by atoms with Crippen LogP contribution in [0.25, 0.3) is 0 Å². The second kappa shape index (κ2) is 16.2. The fourth-order valence-electron chi connectivity index (χ4n) is 4.82. The van der Waals surface area contributed by atoms with E-state index >= 15 is 0 Å². The second-order valence-corrected chi connectivity index (χ2v) is 12.0. The highest BCUT2D eigenvalue weighted by Gasteiger charge is 2.41. The van der Waals surface area contributed by atoms with E-state index in [0.29, 0.717) is 25.2 Å². The van der Waals surface area contributed by atoms with Crippen molar-refractivity contribution in [2.75, 3.05) is 33.3 Å². The molecule has 2 rings (SSSR count). The van der Waals surface area contributed by atoms with Crippen molar-refractivity contribution in [1.29, 1.82) is 0 Å². The van der Waals surface area contributed by atoms with Gasteiger partial charge in [-0.15, -0.1) is 0 Å². The minimum Gasteiger partial charge on any atom is -0.445 e. The fourth-order valence-corrected chi connectivity index (χ4v) is 4.82. The maximum absolute atomic E-state index is 13.9. The Balaban J connectivity index is 2.24. The maximum Gasteiger partial charge on any atom is 0.410 e. The molecule has 0 aromatic heterocycles. The van der Waals surface area contributed by atoms with Gasteiger partial charge in [0.2, 0.25) is 11.8 Å². The average Bonchev–Trinajstić information content (AvgIpc) is 3.41. The molecule has 1 fully saturated rings. The smallest absolute Gasteiger partial charge is 0.410 e. The third kappa shape index (κ3) is 10.5. The van der Waals surface area contributed by atoms with Gasteiger partial charge in [0, 0.05) is 25.7 Å². The first-order chi connectivity index (χ1) is 19.4. The molecule has 1 aromatic rings. The highest BCUT2D eigenvalue weighted by Crippen LogP contribution is 2.27. The number of ether oxygens (including phenoxy) is 1. The topological polar surface area (TPSA) is 91.0 Å². The number of carbonyl (C=O) groups excluding carboxylic acids is 3. The highest BCUT2D eigenvalue weighted by atomic mass is 16.6. The van der Waals surface area contributed by atoms with Gasteiger partial charge in [0.1, 0.15) is 12.6 Å². The van der Waals surface area contributed by atoms with Crippen molar-refractivity contribution in [3.8, 4) is 0 Å². The first-order valence-electron chi connectivity index (χ1n) is 14.6. The van der Waals surface area contributed by atoms with Crippen LogP contribution in [0.1, 0.15) is 65.9 Å². The van der Waals surface area contributed by atoms with Gasteiger partial charge in [0.15, 0.2) is 0 Å². The van der Waals surface area contributed by atoms with Gasteiger partial charge in [-0.05, 0) is 56.2 Å². The predicted molar refractivity (Wildman–Crippen MR) is 166 cm³/mol. The van der Waals surface area contributed by atoms with Crippen LogP contribution in [0.15, 0.2) is 66.8 Å². The maximum atomic E-state index is 13.9. The van der Waals surface area contributed by atoms with Crippen molar-refractivity contribution < 1.29 is 19.1 Å². The summed E-state index contributed by atoms with van der Waals surface area (Å²) >= 11 is 0. The van der Waals surface area contributed by atoms with Crippen molar-refractivity contribution >= 4 is 17.9 Å². The van der Waals surface area contributed by atoms with Crippen molar-refractivity contribution in [2.24, 2.45) is 5.41 Å². The monoisotopic (exact) mass is 566 g/mol. The number of hydrogen-bond donors (Lipinski definition) is 2. The van der Waals surface area contributed by atoms with Crippen molar-refractivity contribution in [3.63, 3.8) is 0 Å². The van der Waals surface area contributed by atoms with Crippen LogP contribution in [0.4, 0.5) is 4.79 Å². The summed E-state index contributed by atoms with van der Waals surface area (Å²) in [7, 11) is 1.71. The van der Waals surface area contributed by atoms with E-state index in [0.717, 1.165) is 18.4 Å². The van der Waals surface area contributed by atoms with Crippen molar-refractivity contribution in [1.82, 2.24) is 20.4 Å². The molecule has 0 spiro atoms. The first-order valence-corrected chi connectivity index (χ1v) is 14.6. The third-order valence-electron chi connectivity index (χ3n) is 7.45. The number of nitrogens with one attached hydrogen (secondary N) is 2. The zero-order valence-electron chi connectivity index (χ0n) is 26.0. The number of benzene rings is 1. The second-order valence-electron chi connectivity index (χ2n) is 12.0. The quantitative estimate of drug-likeness (QED) is 0.326. The average molecular weight is 567 g/mol. The van der Waals surface area contributed by atoms with E-state index in [4.69, 9.17) is 4.74 Å². The van der Waals surface area contributed by atoms with Crippen LogP contribution in [0.5, 0.6) is 0 Å². The Hall–Kier alpha value is -3.39. The van der Waals surface area contributed by atoms with E-state index in [2.05, 4.69) is 36.3 Å². The summed E-state index contributed by atoms with van der Waals surface area (Å²) in [5, 5.41) is 5.90. The lowest BCUT2D eigenvalue weighted by Gasteiger charge is -2.37. The number of amides is 3. The molecular formula is C33H50N4O4. The number of likely N-dealkylation sites (tertiary alicyclic amines) is 1. The Labute approximate surface area is 246 Å². The van der Waals surface area contributed by atoms with E-state index in [-0.39, 0.29) is 30.4 Å². The first kappa shape index (κ1) is 33.8. The van der Waals surface area contributed by atoms with Crippen LogP contribution >= 0.6 is 0 Å². The molecule has 1 saturated heterocycles. The molecule has 41 heavy (non-hydrogen) atoms. The standard InChI is InChI=1S/C33H50N4O4/c1-9-10-12-16-24(2)23-41-32(40)36(21-25(3)27-17-13-11-14-18-27)22-28-19-15-20-37(28)31(39)29(33(5,6)7)35-30(38)26(4)34-8/h9-14,16-18,25-26,28-29,34H,2,15,19-23H2,1,3-8H3,(H,35,38)/b10-9-,16-12-/t25-,26+,28+,29-/m1/s1. The van der Waals surface area contributed by atoms with E-state index < -0.39 is 23.6 Å². The number of carbonyl (C=O) groups is 3. The molecule has 226 valence electrons. The molecule has 4 atom stereocenters. The minimum atomic E-state index is -0.692. The van der Waals surface area contributed by atoms with E-state index in [1.54, 1.807) is 18.9 Å². The molecule has 2 N–H and O–H groups in total. The van der Waals surface area contributed by atoms with Gasteiger partial charge in [-0.3, -0.25) is 9.59 Å². The molecule has 1 aliphatic rings. The van der Waals surface area contributed by atoms with Crippen LogP contribution in [-0.4, -0.2) is 79.1 Å². The molecule has 8 nitrogen and oxygen atoms in total. The van der Waals surface area contributed by atoms with Gasteiger partial charge in [0.05, 0.1) is 6.04 Å². The van der Waals surface area contributed by atoms with Gasteiger partial charge in [0.25, 0.3) is 0 Å². The normalized spacial score (nSPS) is 17.8. The van der Waals surface area contributed by atoms with E-state index in [1.807, 2.05) is 75.1 Å². The number of nitrogens with zero attached hydrogens (tertiary/aromatic N) is 2. The van der Waals surface area contributed by atoms with Gasteiger partial charge in [-0.1, -0.05) is 88.9 Å². The van der Waals surface area contributed by atoms with E-state index in [1.165, 1.54) is 0 Å². The highest BCUT2D eigenvalue weighted by molar-refractivity contribution is 5.90. The van der Waals surface area contributed by atoms with Crippen LogP contribution in [0.3, 0.4) is 0 Å². The van der Waals surface area contributed by atoms with Gasteiger partial charge in [-0.2, -0.15) is 0 Å². The molecule has 0 aliphatic carbocycles. The molecule has 3 amide bonds. The molecule has 1 heterocycles. The van der Waals surface area contributed by atoms with Crippen LogP contribution < -0.4 is 10.6 Å². The summed E-state index contributed by atoms with van der Waals surface area (Å²) in [6, 6.07) is 8.76. The van der Waals surface area contributed by atoms with Crippen LogP contribution in [-0.2, 0) is 14.3 Å². The fraction of sp³-hybridized carbons (Fsp3) is 0.545. The molecule has 0 saturated carbocycles. The number of allylic oxidation sites excluding steroid dienone is 3. The lowest BCUT2D eigenvalue weighted by molar-refractivity contribution is -0.140. The Kier molecular flexibility index (Phi) is 13.3. The molecule has 0 radical (unpaired) electrons. The zero-order valence-corrected chi connectivity index (χ0v) is 26.0. The Bertz CT molecular complexity index is 1080. The molecular weight excluding hydrogens is 516 g/mol. The third-order valence-corrected chi connectivity index (χ3v) is 7.45. The lowest BCUT2D eigenvalue weighted by Crippen LogP contribution is -2.59. The van der Waals surface area contributed by atoms with Gasteiger partial charge >= 0.3 is 6.09 Å². The minimum absolute atomic E-state index is 0.0664. The number of likely N-dealkylation sites (N-methyl/N-ethyl adjacent to an activating group) is 1. The summed E-state index contributed by atoms with van der Waals surface area (Å²) in [6.45, 7) is 17.1. The van der Waals surface area contributed by atoms with Crippen molar-refractivity contribution in [2.45, 2.75) is 78.4 Å². The van der Waals surface area contributed by atoms with Crippen LogP contribution in [0, 0.1) is 5.41 Å². The SMILES string of the molecule is C=C(/C=C\C=C/C)COC(=O)N(C[C@@H]1CCCN1C(=O)[C@@H](NC(=O)[C@H](C)NC)C(C)(C)C)C[C@@H](C)c1ccccc1. The summed E-state index contributed by atoms with van der Waals surface area (Å²) in [6.07, 6.45) is 8.64.